The van der Waals surface area contributed by atoms with Crippen molar-refractivity contribution in [2.75, 3.05) is 13.2 Å². The molecule has 0 aliphatic carbocycles. The molecule has 2 atom stereocenters. The van der Waals surface area contributed by atoms with E-state index in [0.717, 1.165) is 75.5 Å². The first-order valence-corrected chi connectivity index (χ1v) is 25.1. The van der Waals surface area contributed by atoms with Gasteiger partial charge in [-0.1, -0.05) is 234 Å². The van der Waals surface area contributed by atoms with Crippen LogP contribution in [0.1, 0.15) is 273 Å². The molecule has 57 heavy (non-hydrogen) atoms. The van der Waals surface area contributed by atoms with Crippen molar-refractivity contribution < 1.29 is 28.6 Å². The van der Waals surface area contributed by atoms with Crippen LogP contribution >= 0.6 is 0 Å². The zero-order chi connectivity index (χ0) is 42.0. The van der Waals surface area contributed by atoms with Gasteiger partial charge in [0.05, 0.1) is 0 Å². The summed E-state index contributed by atoms with van der Waals surface area (Å²) in [6, 6.07) is 0. The monoisotopic (exact) mass is 807 g/mol. The van der Waals surface area contributed by atoms with Crippen molar-refractivity contribution in [3.63, 3.8) is 0 Å². The maximum atomic E-state index is 12.8. The molecule has 0 N–H and O–H groups in total. The topological polar surface area (TPSA) is 78.9 Å². The highest BCUT2D eigenvalue weighted by Crippen LogP contribution is 2.18. The molecule has 0 saturated carbocycles. The van der Waals surface area contributed by atoms with Crippen LogP contribution in [0.2, 0.25) is 0 Å². The summed E-state index contributed by atoms with van der Waals surface area (Å²) in [5.41, 5.74) is 0. The smallest absolute Gasteiger partial charge is 0.306 e. The Bertz CT molecular complexity index is 885. The zero-order valence-electron chi connectivity index (χ0n) is 39.1. The van der Waals surface area contributed by atoms with Crippen LogP contribution in [0.5, 0.6) is 0 Å². The SMILES string of the molecule is CCC(C)CCCCCCCCCCC(=O)OC[C@H](COC(=O)CCCCCCCCC(C)C)OC(=O)CCCCCCCCCCCCCCCCCC(C)C. The molecule has 338 valence electrons. The molecule has 0 saturated heterocycles. The van der Waals surface area contributed by atoms with Gasteiger partial charge in [-0.2, -0.15) is 0 Å². The van der Waals surface area contributed by atoms with Crippen molar-refractivity contribution in [3.8, 4) is 0 Å². The molecule has 0 aromatic carbocycles. The van der Waals surface area contributed by atoms with Crippen LogP contribution in [0.15, 0.2) is 0 Å². The van der Waals surface area contributed by atoms with Crippen LogP contribution in [-0.2, 0) is 28.6 Å². The summed E-state index contributed by atoms with van der Waals surface area (Å²) in [6.45, 7) is 13.7. The standard InChI is InChI=1S/C51H98O6/c1-7-47(6)39-33-27-20-17-18-21-28-34-40-49(52)55-43-48(44-56-50(53)41-35-29-24-23-26-32-38-46(4)5)57-51(54)42-36-30-22-16-14-12-10-8-9-11-13-15-19-25-31-37-45(2)3/h45-48H,7-44H2,1-6H3/t47?,48-/m1/s1. The summed E-state index contributed by atoms with van der Waals surface area (Å²) in [5, 5.41) is 0. The minimum absolute atomic E-state index is 0.0662. The molecular formula is C51H98O6. The molecule has 0 aliphatic heterocycles. The van der Waals surface area contributed by atoms with Gasteiger partial charge in [0, 0.05) is 19.3 Å². The summed E-state index contributed by atoms with van der Waals surface area (Å²) < 4.78 is 16.8. The van der Waals surface area contributed by atoms with E-state index < -0.39 is 6.10 Å². The van der Waals surface area contributed by atoms with Crippen molar-refractivity contribution in [2.45, 2.75) is 279 Å². The number of unbranched alkanes of at least 4 members (excludes halogenated alkanes) is 26. The molecule has 0 fully saturated rings. The Labute approximate surface area is 355 Å². The normalized spacial score (nSPS) is 12.6. The molecule has 0 heterocycles. The van der Waals surface area contributed by atoms with Crippen molar-refractivity contribution >= 4 is 17.9 Å². The van der Waals surface area contributed by atoms with Gasteiger partial charge in [0.2, 0.25) is 0 Å². The van der Waals surface area contributed by atoms with Crippen molar-refractivity contribution in [3.05, 3.63) is 0 Å². The van der Waals surface area contributed by atoms with E-state index in [1.54, 1.807) is 0 Å². The lowest BCUT2D eigenvalue weighted by Gasteiger charge is -2.18. The van der Waals surface area contributed by atoms with Crippen LogP contribution in [0.25, 0.3) is 0 Å². The number of esters is 3. The first-order chi connectivity index (χ1) is 27.6. The number of hydrogen-bond donors (Lipinski definition) is 0. The summed E-state index contributed by atoms with van der Waals surface area (Å²) in [5.74, 6) is 1.60. The number of carbonyl (C=O) groups excluding carboxylic acids is 3. The Kier molecular flexibility index (Phi) is 41.3. The Morgan fingerprint density at radius 1 is 0.351 bits per heavy atom. The van der Waals surface area contributed by atoms with Crippen LogP contribution in [-0.4, -0.2) is 37.2 Å². The minimum atomic E-state index is -0.763. The fourth-order valence-corrected chi connectivity index (χ4v) is 7.55. The molecule has 0 aromatic heterocycles. The largest absolute Gasteiger partial charge is 0.462 e. The molecule has 0 bridgehead atoms. The molecule has 6 nitrogen and oxygen atoms in total. The Morgan fingerprint density at radius 3 is 0.912 bits per heavy atom. The molecule has 0 aromatic rings. The van der Waals surface area contributed by atoms with E-state index in [0.29, 0.717) is 19.3 Å². The first kappa shape index (κ1) is 55.4. The molecule has 6 heteroatoms. The van der Waals surface area contributed by atoms with Crippen LogP contribution in [0.3, 0.4) is 0 Å². The minimum Gasteiger partial charge on any atom is -0.462 e. The third-order valence-corrected chi connectivity index (χ3v) is 11.8. The molecule has 0 radical (unpaired) electrons. The van der Waals surface area contributed by atoms with E-state index >= 15 is 0 Å². The molecule has 0 rings (SSSR count). The Balaban J connectivity index is 4.27. The number of ether oxygens (including phenoxy) is 3. The van der Waals surface area contributed by atoms with E-state index in [2.05, 4.69) is 41.5 Å². The van der Waals surface area contributed by atoms with Crippen LogP contribution in [0.4, 0.5) is 0 Å². The number of rotatable bonds is 44. The fraction of sp³-hybridized carbons (Fsp3) is 0.941. The predicted octanol–water partition coefficient (Wildman–Crippen LogP) is 16.0. The van der Waals surface area contributed by atoms with Crippen molar-refractivity contribution in [1.29, 1.82) is 0 Å². The highest BCUT2D eigenvalue weighted by atomic mass is 16.6. The molecule has 0 spiro atoms. The van der Waals surface area contributed by atoms with Crippen molar-refractivity contribution in [2.24, 2.45) is 17.8 Å². The van der Waals surface area contributed by atoms with E-state index in [1.807, 2.05) is 0 Å². The van der Waals surface area contributed by atoms with Gasteiger partial charge in [-0.05, 0) is 37.0 Å². The van der Waals surface area contributed by atoms with E-state index in [1.165, 1.54) is 154 Å². The van der Waals surface area contributed by atoms with E-state index in [4.69, 9.17) is 14.2 Å². The lowest BCUT2D eigenvalue weighted by molar-refractivity contribution is -0.167. The van der Waals surface area contributed by atoms with Gasteiger partial charge in [-0.3, -0.25) is 14.4 Å². The first-order valence-electron chi connectivity index (χ1n) is 25.1. The summed E-state index contributed by atoms with van der Waals surface area (Å²) in [6.07, 6.45) is 41.0. The van der Waals surface area contributed by atoms with Crippen molar-refractivity contribution in [1.82, 2.24) is 0 Å². The van der Waals surface area contributed by atoms with Crippen LogP contribution in [0, 0.1) is 17.8 Å². The maximum Gasteiger partial charge on any atom is 0.306 e. The average molecular weight is 807 g/mol. The van der Waals surface area contributed by atoms with Gasteiger partial charge in [-0.25, -0.2) is 0 Å². The second-order valence-electron chi connectivity index (χ2n) is 18.6. The second kappa shape index (κ2) is 42.5. The maximum absolute atomic E-state index is 12.8. The van der Waals surface area contributed by atoms with E-state index in [9.17, 15) is 14.4 Å². The molecule has 0 amide bonds. The third-order valence-electron chi connectivity index (χ3n) is 11.8. The van der Waals surface area contributed by atoms with Gasteiger partial charge in [0.25, 0.3) is 0 Å². The third kappa shape index (κ3) is 43.8. The second-order valence-corrected chi connectivity index (χ2v) is 18.6. The van der Waals surface area contributed by atoms with Gasteiger partial charge >= 0.3 is 17.9 Å². The lowest BCUT2D eigenvalue weighted by atomic mass is 9.99. The van der Waals surface area contributed by atoms with Gasteiger partial charge in [-0.15, -0.1) is 0 Å². The number of hydrogen-bond acceptors (Lipinski definition) is 6. The molecule has 0 aliphatic rings. The summed E-state index contributed by atoms with van der Waals surface area (Å²) in [4.78, 5) is 37.8. The molecular weight excluding hydrogens is 709 g/mol. The van der Waals surface area contributed by atoms with E-state index in [-0.39, 0.29) is 31.1 Å². The number of carbonyl (C=O) groups is 3. The Hall–Kier alpha value is -1.59. The summed E-state index contributed by atoms with van der Waals surface area (Å²) in [7, 11) is 0. The van der Waals surface area contributed by atoms with Gasteiger partial charge in [0.1, 0.15) is 13.2 Å². The van der Waals surface area contributed by atoms with Gasteiger partial charge in [0.15, 0.2) is 6.10 Å². The lowest BCUT2D eigenvalue weighted by Crippen LogP contribution is -2.30. The highest BCUT2D eigenvalue weighted by molar-refractivity contribution is 5.71. The predicted molar refractivity (Wildman–Crippen MR) is 243 cm³/mol. The highest BCUT2D eigenvalue weighted by Gasteiger charge is 2.19. The zero-order valence-corrected chi connectivity index (χ0v) is 39.1. The Morgan fingerprint density at radius 2 is 0.614 bits per heavy atom. The quantitative estimate of drug-likeness (QED) is 0.0347. The molecule has 1 unspecified atom stereocenters. The fourth-order valence-electron chi connectivity index (χ4n) is 7.55. The van der Waals surface area contributed by atoms with Crippen LogP contribution < -0.4 is 0 Å². The summed E-state index contributed by atoms with van der Waals surface area (Å²) >= 11 is 0. The average Bonchev–Trinajstić information content (AvgIpc) is 3.18. The van der Waals surface area contributed by atoms with Gasteiger partial charge < -0.3 is 14.2 Å².